The normalized spacial score (nSPS) is 16.6. The van der Waals surface area contributed by atoms with E-state index in [9.17, 15) is 14.8 Å². The van der Waals surface area contributed by atoms with Gasteiger partial charge in [0.2, 0.25) is 5.43 Å². The highest BCUT2D eigenvalue weighted by molar-refractivity contribution is 6.32. The van der Waals surface area contributed by atoms with E-state index in [0.717, 1.165) is 4.73 Å². The summed E-state index contributed by atoms with van der Waals surface area (Å²) in [5, 5.41) is 11.0. The van der Waals surface area contributed by atoms with Crippen LogP contribution in [0.5, 0.6) is 5.75 Å². The molecule has 0 fully saturated rings. The number of rotatable bonds is 1. The highest BCUT2D eigenvalue weighted by Crippen LogP contribution is 2.36. The molecule has 0 saturated carbocycles. The van der Waals surface area contributed by atoms with Gasteiger partial charge in [-0.15, -0.1) is 0 Å². The van der Waals surface area contributed by atoms with Gasteiger partial charge >= 0.3 is 0 Å². The maximum Gasteiger partial charge on any atom is 0.200 e. The fraction of sp³-hybridized carbons (Fsp3) is 0.375. The van der Waals surface area contributed by atoms with Crippen molar-refractivity contribution in [1.82, 2.24) is 4.73 Å². The van der Waals surface area contributed by atoms with E-state index in [-0.39, 0.29) is 44.5 Å². The summed E-state index contributed by atoms with van der Waals surface area (Å²) in [6.45, 7) is 3.87. The van der Waals surface area contributed by atoms with Crippen LogP contribution in [0.2, 0.25) is 5.02 Å². The zero-order chi connectivity index (χ0) is 16.2. The van der Waals surface area contributed by atoms with Gasteiger partial charge in [-0.25, -0.2) is 0 Å². The van der Waals surface area contributed by atoms with E-state index in [1.165, 1.54) is 19.2 Å². The lowest BCUT2D eigenvalue weighted by Gasteiger charge is -2.30. The third kappa shape index (κ3) is 2.08. The number of fused-ring (bicyclic) bond motifs is 2. The molecule has 1 aromatic carbocycles. The number of carbonyl (C=O) groups excluding carboxylic acids is 1. The Hall–Kier alpha value is -2.01. The lowest BCUT2D eigenvalue weighted by Crippen LogP contribution is -2.35. The van der Waals surface area contributed by atoms with Crippen molar-refractivity contribution in [2.75, 3.05) is 7.11 Å². The first kappa shape index (κ1) is 14.9. The minimum absolute atomic E-state index is 0.0653. The summed E-state index contributed by atoms with van der Waals surface area (Å²) in [7, 11) is 1.46. The molecule has 0 spiro atoms. The zero-order valence-corrected chi connectivity index (χ0v) is 13.3. The van der Waals surface area contributed by atoms with E-state index in [4.69, 9.17) is 16.3 Å². The average molecular weight is 322 g/mol. The molecule has 5 nitrogen and oxygen atoms in total. The highest BCUT2D eigenvalue weighted by Gasteiger charge is 2.35. The van der Waals surface area contributed by atoms with Crippen molar-refractivity contribution in [3.63, 3.8) is 0 Å². The number of halogens is 1. The molecule has 22 heavy (non-hydrogen) atoms. The molecule has 0 aliphatic heterocycles. The van der Waals surface area contributed by atoms with Crippen LogP contribution in [-0.4, -0.2) is 22.8 Å². The number of ether oxygens (including phenoxy) is 1. The van der Waals surface area contributed by atoms with Gasteiger partial charge in [-0.1, -0.05) is 25.4 Å². The molecule has 0 bridgehead atoms. The van der Waals surface area contributed by atoms with Crippen LogP contribution >= 0.6 is 11.6 Å². The minimum atomic E-state index is -0.389. The lowest BCUT2D eigenvalue weighted by atomic mass is 9.75. The van der Waals surface area contributed by atoms with E-state index in [0.29, 0.717) is 17.9 Å². The number of ketones is 1. The monoisotopic (exact) mass is 321 g/mol. The van der Waals surface area contributed by atoms with Gasteiger partial charge in [0.15, 0.2) is 5.78 Å². The van der Waals surface area contributed by atoms with E-state index >= 15 is 0 Å². The summed E-state index contributed by atoms with van der Waals surface area (Å²) in [5.74, 6) is 0.116. The Labute approximate surface area is 132 Å². The number of methoxy groups -OCH3 is 1. The Morgan fingerprint density at radius 1 is 1.27 bits per heavy atom. The number of nitrogens with zero attached hydrogens (tertiary/aromatic N) is 1. The molecule has 1 aliphatic carbocycles. The number of hydrogen-bond acceptors (Lipinski definition) is 4. The van der Waals surface area contributed by atoms with Crippen LogP contribution in [-0.2, 0) is 6.42 Å². The van der Waals surface area contributed by atoms with E-state index in [1.807, 2.05) is 13.8 Å². The zero-order valence-electron chi connectivity index (χ0n) is 12.6. The smallest absolute Gasteiger partial charge is 0.200 e. The first-order chi connectivity index (χ1) is 10.2. The summed E-state index contributed by atoms with van der Waals surface area (Å²) in [6, 6.07) is 2.93. The number of aromatic nitrogens is 1. The largest absolute Gasteiger partial charge is 0.495 e. The second-order valence-electron chi connectivity index (χ2n) is 6.41. The highest BCUT2D eigenvalue weighted by atomic mass is 35.5. The molecule has 0 radical (unpaired) electrons. The molecule has 1 heterocycles. The van der Waals surface area contributed by atoms with Crippen molar-refractivity contribution in [2.24, 2.45) is 5.41 Å². The topological polar surface area (TPSA) is 68.5 Å². The molecule has 0 saturated heterocycles. The van der Waals surface area contributed by atoms with Gasteiger partial charge < -0.3 is 9.94 Å². The van der Waals surface area contributed by atoms with Gasteiger partial charge in [-0.2, -0.15) is 4.73 Å². The summed E-state index contributed by atoms with van der Waals surface area (Å²) in [4.78, 5) is 25.0. The average Bonchev–Trinajstić information content (AvgIpc) is 2.42. The Bertz CT molecular complexity index is 867. The molecule has 116 valence electrons. The number of pyridine rings is 1. The lowest BCUT2D eigenvalue weighted by molar-refractivity contribution is 0.0885. The van der Waals surface area contributed by atoms with Crippen molar-refractivity contribution in [2.45, 2.75) is 26.7 Å². The van der Waals surface area contributed by atoms with Gasteiger partial charge in [0, 0.05) is 12.5 Å². The summed E-state index contributed by atoms with van der Waals surface area (Å²) >= 11 is 6.05. The molecule has 0 atom stereocenters. The van der Waals surface area contributed by atoms with Crippen molar-refractivity contribution in [1.29, 1.82) is 0 Å². The minimum Gasteiger partial charge on any atom is -0.495 e. The molecule has 3 rings (SSSR count). The molecule has 6 heteroatoms. The summed E-state index contributed by atoms with van der Waals surface area (Å²) < 4.78 is 6.05. The fourth-order valence-electron chi connectivity index (χ4n) is 3.06. The number of benzene rings is 1. The van der Waals surface area contributed by atoms with Crippen LogP contribution in [0.3, 0.4) is 0 Å². The third-order valence-corrected chi connectivity index (χ3v) is 4.37. The number of Topliss-reactive ketones (excluding diaryl/α,β-unsaturated/α-hetero) is 1. The maximum atomic E-state index is 12.7. The van der Waals surface area contributed by atoms with Crippen molar-refractivity contribution < 1.29 is 14.7 Å². The van der Waals surface area contributed by atoms with Crippen LogP contribution in [0.4, 0.5) is 0 Å². The van der Waals surface area contributed by atoms with Gasteiger partial charge in [0.1, 0.15) is 5.75 Å². The maximum absolute atomic E-state index is 12.7. The van der Waals surface area contributed by atoms with Gasteiger partial charge in [0.25, 0.3) is 0 Å². The Morgan fingerprint density at radius 2 is 1.95 bits per heavy atom. The second kappa shape index (κ2) is 4.74. The van der Waals surface area contributed by atoms with Crippen LogP contribution in [0.15, 0.2) is 16.9 Å². The summed E-state index contributed by atoms with van der Waals surface area (Å²) in [5.41, 5.74) is 0.0140. The molecule has 0 unspecified atom stereocenters. The number of carbonyl (C=O) groups is 1. The molecule has 1 aliphatic rings. The molecular weight excluding hydrogens is 306 g/mol. The first-order valence-electron chi connectivity index (χ1n) is 6.93. The van der Waals surface area contributed by atoms with Crippen LogP contribution < -0.4 is 10.2 Å². The van der Waals surface area contributed by atoms with Crippen molar-refractivity contribution in [3.05, 3.63) is 38.6 Å². The van der Waals surface area contributed by atoms with Crippen molar-refractivity contribution >= 4 is 28.3 Å². The van der Waals surface area contributed by atoms with E-state index < -0.39 is 0 Å². The molecular formula is C16H16ClNO4. The number of hydrogen-bond donors (Lipinski definition) is 1. The van der Waals surface area contributed by atoms with Crippen LogP contribution in [0.1, 0.15) is 36.3 Å². The van der Waals surface area contributed by atoms with Crippen molar-refractivity contribution in [3.8, 4) is 5.75 Å². The van der Waals surface area contributed by atoms with E-state index in [1.54, 1.807) is 0 Å². The fourth-order valence-corrected chi connectivity index (χ4v) is 3.30. The van der Waals surface area contributed by atoms with Gasteiger partial charge in [-0.3, -0.25) is 9.59 Å². The quantitative estimate of drug-likeness (QED) is 0.820. The molecule has 1 aromatic heterocycles. The Balaban J connectivity index is 2.44. The van der Waals surface area contributed by atoms with Gasteiger partial charge in [0.05, 0.1) is 34.3 Å². The van der Waals surface area contributed by atoms with Crippen LogP contribution in [0.25, 0.3) is 10.9 Å². The van der Waals surface area contributed by atoms with Gasteiger partial charge in [-0.05, 0) is 17.9 Å². The first-order valence-corrected chi connectivity index (χ1v) is 7.30. The second-order valence-corrected chi connectivity index (χ2v) is 6.81. The third-order valence-electron chi connectivity index (χ3n) is 4.08. The summed E-state index contributed by atoms with van der Waals surface area (Å²) in [6.07, 6.45) is 0.728. The molecule has 2 aromatic rings. The SMILES string of the molecule is COc1cc2c(cc1Cl)c(=O)c1c(n2O)CC(C)(C)CC1=O. The molecule has 0 amide bonds. The standard InChI is InChI=1S/C16H16ClNO4/c1-16(2)6-11-14(12(19)7-16)15(20)8-4-9(17)13(22-3)5-10(8)18(11)21/h4-5,21H,6-7H2,1-3H3. The van der Waals surface area contributed by atoms with E-state index in [2.05, 4.69) is 0 Å². The Kier molecular flexibility index (Phi) is 3.22. The predicted molar refractivity (Wildman–Crippen MR) is 83.4 cm³/mol. The predicted octanol–water partition coefficient (Wildman–Crippen LogP) is 3.06. The van der Waals surface area contributed by atoms with Crippen LogP contribution in [0, 0.1) is 5.41 Å². The molecule has 1 N–H and O–H groups in total. The Morgan fingerprint density at radius 3 is 2.59 bits per heavy atom.